The fourth-order valence-electron chi connectivity index (χ4n) is 3.17. The second-order valence-corrected chi connectivity index (χ2v) is 17.4. The van der Waals surface area contributed by atoms with E-state index in [4.69, 9.17) is 0 Å². The topological polar surface area (TPSA) is 0 Å². The van der Waals surface area contributed by atoms with Crippen LogP contribution in [0.1, 0.15) is 105 Å². The van der Waals surface area contributed by atoms with Gasteiger partial charge in [0.05, 0.1) is 0 Å². The summed E-state index contributed by atoms with van der Waals surface area (Å²) < 4.78 is 0. The Morgan fingerprint density at radius 3 is 1.30 bits per heavy atom. The molecule has 0 N–H and O–H groups in total. The van der Waals surface area contributed by atoms with Crippen LogP contribution in [0.15, 0.2) is 34.4 Å². The van der Waals surface area contributed by atoms with E-state index in [0.717, 1.165) is 12.8 Å². The third-order valence-corrected chi connectivity index (χ3v) is 4.58. The van der Waals surface area contributed by atoms with E-state index in [9.17, 15) is 0 Å². The molecule has 172 valence electrons. The van der Waals surface area contributed by atoms with E-state index >= 15 is 0 Å². The van der Waals surface area contributed by atoms with Crippen molar-refractivity contribution in [3.8, 4) is 0 Å². The average molecular weight is 547 g/mol. The molecule has 0 bridgehead atoms. The maximum absolute atomic E-state index is 3.45. The Balaban J connectivity index is -0.000000391. The van der Waals surface area contributed by atoms with Crippen molar-refractivity contribution in [1.29, 1.82) is 0 Å². The second kappa shape index (κ2) is 24.3. The van der Waals surface area contributed by atoms with Crippen LogP contribution in [0, 0.1) is 12.2 Å². The Morgan fingerprint density at radius 1 is 0.700 bits per heavy atom. The molecule has 0 saturated carbocycles. The van der Waals surface area contributed by atoms with Crippen LogP contribution in [0.4, 0.5) is 0 Å². The van der Waals surface area contributed by atoms with Crippen LogP contribution in [0.5, 0.6) is 0 Å². The molecule has 0 radical (unpaired) electrons. The summed E-state index contributed by atoms with van der Waals surface area (Å²) in [4.78, 5) is 0. The molecule has 0 unspecified atom stereocenters. The minimum Gasteiger partial charge on any atom is -1.00 e. The van der Waals surface area contributed by atoms with Crippen LogP contribution in [0.3, 0.4) is 0 Å². The molecule has 0 heterocycles. The molecule has 30 heavy (non-hydrogen) atoms. The molecule has 2 aliphatic carbocycles. The van der Waals surface area contributed by atoms with Gasteiger partial charge < -0.3 is 24.8 Å². The third kappa shape index (κ3) is 20.5. The Kier molecular flexibility index (Phi) is 28.5. The van der Waals surface area contributed by atoms with Gasteiger partial charge in [0, 0.05) is 0 Å². The quantitative estimate of drug-likeness (QED) is 0.292. The Bertz CT molecular complexity index is 511. The zero-order valence-corrected chi connectivity index (χ0v) is 25.4. The van der Waals surface area contributed by atoms with Crippen molar-refractivity contribution in [3.05, 3.63) is 46.6 Å². The first-order valence-corrected chi connectivity index (χ1v) is 17.7. The predicted octanol–water partition coefficient (Wildman–Crippen LogP) is 2.87. The number of rotatable bonds is 10. The summed E-state index contributed by atoms with van der Waals surface area (Å²) in [6, 6.07) is 0. The van der Waals surface area contributed by atoms with Crippen LogP contribution in [-0.4, -0.2) is 5.43 Å². The van der Waals surface area contributed by atoms with Gasteiger partial charge >= 0.3 is 41.9 Å². The molecule has 0 atom stereocenters. The van der Waals surface area contributed by atoms with Crippen molar-refractivity contribution in [1.82, 2.24) is 0 Å². The van der Waals surface area contributed by atoms with Gasteiger partial charge in [-0.3, -0.25) is 12.2 Å². The molecule has 0 aromatic rings. The molecule has 0 aromatic carbocycles. The van der Waals surface area contributed by atoms with E-state index in [1.807, 2.05) is 0 Å². The van der Waals surface area contributed by atoms with Crippen molar-refractivity contribution in [2.45, 2.75) is 118 Å². The van der Waals surface area contributed by atoms with E-state index in [-0.39, 0.29) is 30.2 Å². The summed E-state index contributed by atoms with van der Waals surface area (Å²) in [6.07, 6.45) is 26.6. The van der Waals surface area contributed by atoms with Gasteiger partial charge in [0.2, 0.25) is 0 Å². The fraction of sp³-hybridized carbons (Fsp3) is 0.692. The van der Waals surface area contributed by atoms with Gasteiger partial charge in [-0.25, -0.2) is 23.3 Å². The summed E-state index contributed by atoms with van der Waals surface area (Å²) in [5.41, 5.74) is 6.30. The first-order valence-electron chi connectivity index (χ1n) is 11.6. The molecule has 0 fully saturated rings. The number of hydrogen-bond acceptors (Lipinski definition) is 0. The molecular weight excluding hydrogens is 503 g/mol. The van der Waals surface area contributed by atoms with Crippen LogP contribution in [-0.2, 0) is 23.3 Å². The zero-order chi connectivity index (χ0) is 21.2. The summed E-state index contributed by atoms with van der Waals surface area (Å²) in [7, 11) is 0. The molecule has 2 aliphatic rings. The Labute approximate surface area is 216 Å². The van der Waals surface area contributed by atoms with E-state index in [1.165, 1.54) is 75.4 Å². The molecule has 0 aromatic heterocycles. The zero-order valence-electron chi connectivity index (χ0n) is 20.4. The number of hydrogen-bond donors (Lipinski definition) is 0. The van der Waals surface area contributed by atoms with Gasteiger partial charge in [-0.05, 0) is 12.8 Å². The van der Waals surface area contributed by atoms with Gasteiger partial charge in [0.1, 0.15) is 0 Å². The minimum absolute atomic E-state index is 0. The van der Waals surface area contributed by atoms with Crippen molar-refractivity contribution in [2.75, 3.05) is 0 Å². The molecule has 0 nitrogen and oxygen atoms in total. The van der Waals surface area contributed by atoms with E-state index in [0.29, 0.717) is 0 Å². The third-order valence-electron chi connectivity index (χ3n) is 4.58. The molecule has 0 aliphatic heterocycles. The average Bonchev–Trinajstić information content (AvgIpc) is 3.28. The SMILES string of the molecule is CCCCC1=[C-]CC(CCC)=C1.CCCCC1=[C-]CC(CCC)=C1.C[Si](C)=[Zr+2].[Cl-].[Cl-]. The fourth-order valence-corrected chi connectivity index (χ4v) is 3.17. The van der Waals surface area contributed by atoms with Crippen molar-refractivity contribution in [2.24, 2.45) is 0 Å². The summed E-state index contributed by atoms with van der Waals surface area (Å²) in [6.45, 7) is 13.6. The molecule has 0 amide bonds. The minimum atomic E-state index is 0. The number of allylic oxidation sites excluding steroid dienone is 8. The number of unbranched alkanes of at least 4 members (excludes halogenated alkanes) is 2. The molecule has 0 spiro atoms. The predicted molar refractivity (Wildman–Crippen MR) is 125 cm³/mol. The first kappa shape index (κ1) is 35.2. The summed E-state index contributed by atoms with van der Waals surface area (Å²) in [5.74, 6) is 0. The molecule has 0 saturated heterocycles. The van der Waals surface area contributed by atoms with Gasteiger partial charge in [-0.15, -0.1) is 12.8 Å². The van der Waals surface area contributed by atoms with Gasteiger partial charge in [0.25, 0.3) is 0 Å². The van der Waals surface area contributed by atoms with E-state index in [2.05, 4.69) is 65.1 Å². The summed E-state index contributed by atoms with van der Waals surface area (Å²) in [5, 5.41) is 0. The normalized spacial score (nSPS) is 13.9. The van der Waals surface area contributed by atoms with Gasteiger partial charge in [-0.1, -0.05) is 79.1 Å². The van der Waals surface area contributed by atoms with E-state index < -0.39 is 0 Å². The standard InChI is InChI=1S/2C12H19.C2H6Si.2ClH.Zr/c2*1-3-5-7-12-9-8-11(10-12)6-4-2;1-3-2;;;/h2*10H,3-8H2,1-2H3;1-2H3;2*1H;/q2*-1;;;;+2/p-2. The Hall–Kier alpha value is 0.640. The smallest absolute Gasteiger partial charge is 1.00 e. The maximum atomic E-state index is 3.45. The number of halogens is 2. The van der Waals surface area contributed by atoms with Crippen LogP contribution in [0.2, 0.25) is 13.1 Å². The van der Waals surface area contributed by atoms with Crippen LogP contribution >= 0.6 is 0 Å². The molecule has 4 heteroatoms. The summed E-state index contributed by atoms with van der Waals surface area (Å²) >= 11 is 1.74. The van der Waals surface area contributed by atoms with Crippen molar-refractivity contribution < 1.29 is 48.1 Å². The molecular formula is C26H44Cl2SiZr-2. The maximum Gasteiger partial charge on any atom is -1.00 e. The monoisotopic (exact) mass is 544 g/mol. The second-order valence-electron chi connectivity index (χ2n) is 8.07. The van der Waals surface area contributed by atoms with Crippen molar-refractivity contribution in [3.63, 3.8) is 0 Å². The van der Waals surface area contributed by atoms with Crippen LogP contribution < -0.4 is 24.8 Å². The largest absolute Gasteiger partial charge is 1.00 e. The van der Waals surface area contributed by atoms with Gasteiger partial charge in [-0.2, -0.15) is 11.1 Å². The van der Waals surface area contributed by atoms with Crippen molar-refractivity contribution >= 4 is 5.43 Å². The van der Waals surface area contributed by atoms with E-state index in [1.54, 1.807) is 34.5 Å². The van der Waals surface area contributed by atoms with Gasteiger partial charge in [0.15, 0.2) is 0 Å². The molecule has 2 rings (SSSR count). The Morgan fingerprint density at radius 2 is 1.03 bits per heavy atom. The first-order chi connectivity index (χ1) is 13.5. The van der Waals surface area contributed by atoms with Crippen LogP contribution in [0.25, 0.3) is 0 Å².